The molecule has 5 rings (SSSR count). The minimum Gasteiger partial charge on any atom is -0.494 e. The molecule has 12 heteroatoms. The zero-order valence-electron chi connectivity index (χ0n) is 26.6. The number of hydrogen-bond donors (Lipinski definition) is 1. The van der Waals surface area contributed by atoms with E-state index in [-0.39, 0.29) is 23.2 Å². The van der Waals surface area contributed by atoms with Gasteiger partial charge in [0.25, 0.3) is 5.56 Å². The average Bonchev–Trinajstić information content (AvgIpc) is 3.65. The van der Waals surface area contributed by atoms with Crippen molar-refractivity contribution in [2.24, 2.45) is 23.2 Å². The first kappa shape index (κ1) is 33.8. The van der Waals surface area contributed by atoms with Gasteiger partial charge in [0, 0.05) is 19.1 Å². The molecule has 3 atom stereocenters. The van der Waals surface area contributed by atoms with Crippen molar-refractivity contribution in [3.8, 4) is 5.75 Å². The number of carbonyl (C=O) groups excluding carboxylic acids is 1. The summed E-state index contributed by atoms with van der Waals surface area (Å²) in [5.41, 5.74) is -2.55. The second-order valence-corrected chi connectivity index (χ2v) is 19.9. The summed E-state index contributed by atoms with van der Waals surface area (Å²) in [5.74, 6) is -1.80. The van der Waals surface area contributed by atoms with E-state index in [2.05, 4.69) is 30.0 Å². The molecule has 3 unspecified atom stereocenters. The van der Waals surface area contributed by atoms with Crippen LogP contribution in [0, 0.1) is 23.2 Å². The van der Waals surface area contributed by atoms with E-state index in [9.17, 15) is 32.7 Å². The van der Waals surface area contributed by atoms with Gasteiger partial charge in [0.1, 0.15) is 11.3 Å². The van der Waals surface area contributed by atoms with Crippen LogP contribution in [-0.4, -0.2) is 46.5 Å². The van der Waals surface area contributed by atoms with Crippen LogP contribution in [0.2, 0.25) is 25.7 Å². The van der Waals surface area contributed by atoms with Crippen LogP contribution in [0.25, 0.3) is 10.9 Å². The summed E-state index contributed by atoms with van der Waals surface area (Å²) in [6.45, 7) is 6.94. The second-order valence-electron chi connectivity index (χ2n) is 14.3. The van der Waals surface area contributed by atoms with Crippen molar-refractivity contribution < 1.29 is 32.6 Å². The number of halogens is 3. The molecule has 46 heavy (non-hydrogen) atoms. The maximum absolute atomic E-state index is 14.4. The third-order valence-corrected chi connectivity index (χ3v) is 11.7. The van der Waals surface area contributed by atoms with Gasteiger partial charge in [0.15, 0.2) is 5.78 Å². The van der Waals surface area contributed by atoms with Crippen molar-refractivity contribution in [3.63, 3.8) is 0 Å². The molecular formula is C34H42F3N3O5Si. The predicted octanol–water partition coefficient (Wildman–Crippen LogP) is 7.48. The number of benzene rings is 2. The molecule has 1 N–H and O–H groups in total. The lowest BCUT2D eigenvalue weighted by molar-refractivity contribution is -0.146. The molecule has 3 aromatic rings. The van der Waals surface area contributed by atoms with Gasteiger partial charge in [-0.1, -0.05) is 56.6 Å². The molecule has 0 radical (unpaired) electrons. The second kappa shape index (κ2) is 13.3. The van der Waals surface area contributed by atoms with Crippen LogP contribution in [0.1, 0.15) is 67.3 Å². The van der Waals surface area contributed by atoms with Crippen molar-refractivity contribution in [2.45, 2.75) is 89.8 Å². The summed E-state index contributed by atoms with van der Waals surface area (Å²) in [4.78, 5) is 40.7. The highest BCUT2D eigenvalue weighted by atomic mass is 28.3. The lowest BCUT2D eigenvalue weighted by Gasteiger charge is -2.35. The first-order valence-electron chi connectivity index (χ1n) is 16.1. The highest BCUT2D eigenvalue weighted by molar-refractivity contribution is 6.76. The number of fused-ring (bicyclic) bond motifs is 1. The molecule has 2 aromatic carbocycles. The number of nitrogens with zero attached hydrogens (tertiary/aromatic N) is 3. The zero-order valence-corrected chi connectivity index (χ0v) is 27.6. The van der Waals surface area contributed by atoms with E-state index >= 15 is 0 Å². The molecule has 8 nitrogen and oxygen atoms in total. The highest BCUT2D eigenvalue weighted by Gasteiger charge is 2.56. The van der Waals surface area contributed by atoms with Crippen LogP contribution in [0.3, 0.4) is 0 Å². The van der Waals surface area contributed by atoms with Crippen LogP contribution in [-0.2, 0) is 17.5 Å². The Morgan fingerprint density at radius 1 is 1.07 bits per heavy atom. The number of carboxylic acids is 1. The summed E-state index contributed by atoms with van der Waals surface area (Å²) in [6.07, 6.45) is 2.41. The molecule has 2 saturated carbocycles. The Morgan fingerprint density at radius 3 is 2.39 bits per heavy atom. The molecule has 2 fully saturated rings. The van der Waals surface area contributed by atoms with Gasteiger partial charge in [-0.05, 0) is 80.0 Å². The SMILES string of the molecule is C[Si](C)(C)CCC1(C(=O)c2ccc(OCCC3CCCC3)cc2)CCC(Cn2nnc3ccc(C(F)(F)F)cc3c2=O)C1C(=O)O. The number of hydrogen-bond acceptors (Lipinski definition) is 6. The average molecular weight is 658 g/mol. The van der Waals surface area contributed by atoms with Gasteiger partial charge >= 0.3 is 12.1 Å². The Hall–Kier alpha value is -3.54. The molecule has 2 aliphatic rings. The van der Waals surface area contributed by atoms with Crippen LogP contribution in [0.15, 0.2) is 47.3 Å². The highest BCUT2D eigenvalue weighted by Crippen LogP contribution is 2.53. The number of alkyl halides is 3. The standard InChI is InChI=1S/C34H42F3N3O5Si/c1-46(2,3)19-17-33(30(41)23-8-11-26(12-9-23)45-18-15-22-6-4-5-7-22)16-14-24(29(33)32(43)44)21-40-31(42)27-20-25(34(35,36)37)10-13-28(27)38-39-40/h8-13,20,22,24,29H,4-7,14-19,21H2,1-3H3,(H,43,44). The predicted molar refractivity (Wildman–Crippen MR) is 171 cm³/mol. The van der Waals surface area contributed by atoms with Gasteiger partial charge in [-0.2, -0.15) is 13.2 Å². The zero-order chi connectivity index (χ0) is 33.3. The molecule has 1 aromatic heterocycles. The van der Waals surface area contributed by atoms with Crippen LogP contribution < -0.4 is 10.3 Å². The molecule has 1 heterocycles. The third kappa shape index (κ3) is 7.37. The summed E-state index contributed by atoms with van der Waals surface area (Å²) < 4.78 is 47.0. The minimum absolute atomic E-state index is 0.0149. The fourth-order valence-corrected chi connectivity index (χ4v) is 8.52. The number of aromatic nitrogens is 3. The Bertz CT molecular complexity index is 1630. The molecule has 2 aliphatic carbocycles. The number of Topliss-reactive ketones (excluding diaryl/α,β-unsaturated/α-hetero) is 1. The summed E-state index contributed by atoms with van der Waals surface area (Å²) in [7, 11) is -1.71. The minimum atomic E-state index is -4.65. The number of ether oxygens (including phenoxy) is 1. The normalized spacial score (nSPS) is 22.4. The van der Waals surface area contributed by atoms with Gasteiger partial charge in [-0.3, -0.25) is 14.4 Å². The first-order chi connectivity index (χ1) is 21.7. The van der Waals surface area contributed by atoms with Gasteiger partial charge in [-0.25, -0.2) is 4.68 Å². The van der Waals surface area contributed by atoms with E-state index < -0.39 is 48.6 Å². The van der Waals surface area contributed by atoms with Crippen molar-refractivity contribution in [2.75, 3.05) is 6.61 Å². The van der Waals surface area contributed by atoms with Gasteiger partial charge in [-0.15, -0.1) is 5.10 Å². The van der Waals surface area contributed by atoms with E-state index in [1.165, 1.54) is 25.7 Å². The Labute approximate surface area is 267 Å². The molecule has 0 saturated heterocycles. The van der Waals surface area contributed by atoms with Crippen LogP contribution in [0.4, 0.5) is 13.2 Å². The monoisotopic (exact) mass is 657 g/mol. The number of ketones is 1. The maximum Gasteiger partial charge on any atom is 0.416 e. The fraction of sp³-hybridized carbons (Fsp3) is 0.559. The molecule has 0 amide bonds. The quantitative estimate of drug-likeness (QED) is 0.159. The molecule has 0 aliphatic heterocycles. The molecule has 0 spiro atoms. The maximum atomic E-state index is 14.4. The van der Waals surface area contributed by atoms with Crippen molar-refractivity contribution in [1.29, 1.82) is 0 Å². The lowest BCUT2D eigenvalue weighted by atomic mass is 9.68. The topological polar surface area (TPSA) is 111 Å². The van der Waals surface area contributed by atoms with E-state index in [0.717, 1.165) is 35.3 Å². The number of carboxylic acid groups (broad SMARTS) is 1. The van der Waals surface area contributed by atoms with Gasteiger partial charge < -0.3 is 9.84 Å². The Kier molecular flexibility index (Phi) is 9.77. The Morgan fingerprint density at radius 2 is 1.76 bits per heavy atom. The number of aliphatic carboxylic acids is 1. The van der Waals surface area contributed by atoms with Gasteiger partial charge in [0.2, 0.25) is 0 Å². The number of carbonyl (C=O) groups is 2. The summed E-state index contributed by atoms with van der Waals surface area (Å²) in [6, 6.07) is 10.3. The van der Waals surface area contributed by atoms with Crippen molar-refractivity contribution in [1.82, 2.24) is 15.0 Å². The molecule has 0 bridgehead atoms. The smallest absolute Gasteiger partial charge is 0.416 e. The van der Waals surface area contributed by atoms with E-state index in [1.807, 2.05) is 0 Å². The lowest BCUT2D eigenvalue weighted by Crippen LogP contribution is -2.43. The van der Waals surface area contributed by atoms with E-state index in [0.29, 0.717) is 43.1 Å². The first-order valence-corrected chi connectivity index (χ1v) is 19.8. The summed E-state index contributed by atoms with van der Waals surface area (Å²) >= 11 is 0. The molecule has 248 valence electrons. The van der Waals surface area contributed by atoms with Gasteiger partial charge in [0.05, 0.1) is 30.0 Å². The third-order valence-electron chi connectivity index (χ3n) is 9.91. The molecular weight excluding hydrogens is 615 g/mol. The van der Waals surface area contributed by atoms with E-state index in [1.54, 1.807) is 24.3 Å². The number of rotatable bonds is 12. The van der Waals surface area contributed by atoms with E-state index in [4.69, 9.17) is 4.74 Å². The van der Waals surface area contributed by atoms with Crippen LogP contribution in [0.5, 0.6) is 5.75 Å². The Balaban J connectivity index is 1.41. The fourth-order valence-electron chi connectivity index (χ4n) is 7.32. The van der Waals surface area contributed by atoms with Crippen molar-refractivity contribution in [3.05, 3.63) is 63.9 Å². The van der Waals surface area contributed by atoms with Crippen molar-refractivity contribution >= 4 is 30.7 Å². The van der Waals surface area contributed by atoms with Crippen LogP contribution >= 0.6 is 0 Å². The summed E-state index contributed by atoms with van der Waals surface area (Å²) in [5, 5.41) is 18.2. The largest absolute Gasteiger partial charge is 0.494 e.